The lowest BCUT2D eigenvalue weighted by Gasteiger charge is -2.11. The molecule has 3 nitrogen and oxygen atoms in total. The number of H-pyrrole nitrogens is 1. The van der Waals surface area contributed by atoms with E-state index < -0.39 is 0 Å². The van der Waals surface area contributed by atoms with Crippen molar-refractivity contribution in [2.24, 2.45) is 0 Å². The summed E-state index contributed by atoms with van der Waals surface area (Å²) in [6.07, 6.45) is 2.80. The summed E-state index contributed by atoms with van der Waals surface area (Å²) in [7, 11) is 0. The second kappa shape index (κ2) is 3.92. The van der Waals surface area contributed by atoms with Crippen molar-refractivity contribution in [1.29, 1.82) is 0 Å². The fourth-order valence-electron chi connectivity index (χ4n) is 2.08. The molecule has 0 unspecified atom stereocenters. The summed E-state index contributed by atoms with van der Waals surface area (Å²) in [5, 5.41) is 3.89. The van der Waals surface area contributed by atoms with Gasteiger partial charge in [0.25, 0.3) is 0 Å². The molecule has 0 amide bonds. The van der Waals surface area contributed by atoms with Crippen LogP contribution in [0.15, 0.2) is 24.4 Å². The van der Waals surface area contributed by atoms with Crippen molar-refractivity contribution >= 4 is 11.6 Å². The highest BCUT2D eigenvalue weighted by Gasteiger charge is 2.12. The molecule has 1 aliphatic rings. The molecule has 0 saturated carbocycles. The van der Waals surface area contributed by atoms with Crippen LogP contribution in [0.1, 0.15) is 11.3 Å². The minimum Gasteiger partial charge on any atom is -0.358 e. The first-order valence-electron chi connectivity index (χ1n) is 5.36. The summed E-state index contributed by atoms with van der Waals surface area (Å²) < 4.78 is 0. The molecular weight excluding hydrogens is 222 g/mol. The summed E-state index contributed by atoms with van der Waals surface area (Å²) >= 11 is 5.88. The van der Waals surface area contributed by atoms with Crippen molar-refractivity contribution in [3.8, 4) is 11.3 Å². The maximum atomic E-state index is 5.88. The highest BCUT2D eigenvalue weighted by molar-refractivity contribution is 6.29. The Morgan fingerprint density at radius 2 is 2.25 bits per heavy atom. The predicted molar refractivity (Wildman–Crippen MR) is 64.4 cm³/mol. The van der Waals surface area contributed by atoms with Gasteiger partial charge in [-0.15, -0.1) is 0 Å². The summed E-state index contributed by atoms with van der Waals surface area (Å²) in [5.74, 6) is 0. The third-order valence-electron chi connectivity index (χ3n) is 2.90. The van der Waals surface area contributed by atoms with Crippen molar-refractivity contribution in [1.82, 2.24) is 15.3 Å². The number of nitrogens with one attached hydrogen (secondary N) is 2. The van der Waals surface area contributed by atoms with Gasteiger partial charge in [0.15, 0.2) is 0 Å². The van der Waals surface area contributed by atoms with E-state index in [4.69, 9.17) is 11.6 Å². The summed E-state index contributed by atoms with van der Waals surface area (Å²) in [4.78, 5) is 7.44. The van der Waals surface area contributed by atoms with Gasteiger partial charge in [0.05, 0.1) is 0 Å². The van der Waals surface area contributed by atoms with Crippen molar-refractivity contribution in [2.75, 3.05) is 6.54 Å². The molecule has 82 valence electrons. The number of pyridine rings is 1. The second-order valence-electron chi connectivity index (χ2n) is 3.98. The fraction of sp³-hybridized carbons (Fsp3) is 0.250. The van der Waals surface area contributed by atoms with Crippen LogP contribution >= 0.6 is 11.6 Å². The third-order valence-corrected chi connectivity index (χ3v) is 3.10. The van der Waals surface area contributed by atoms with E-state index in [1.165, 1.54) is 11.3 Å². The Bertz CT molecular complexity index is 495. The van der Waals surface area contributed by atoms with E-state index in [0.29, 0.717) is 5.15 Å². The van der Waals surface area contributed by atoms with E-state index in [0.717, 1.165) is 30.8 Å². The highest BCUT2D eigenvalue weighted by Crippen LogP contribution is 2.24. The number of rotatable bonds is 1. The van der Waals surface area contributed by atoms with Crippen LogP contribution in [0.5, 0.6) is 0 Å². The number of fused-ring (bicyclic) bond motifs is 1. The van der Waals surface area contributed by atoms with Crippen LogP contribution in [0.3, 0.4) is 0 Å². The number of aromatic nitrogens is 2. The number of aromatic amines is 1. The van der Waals surface area contributed by atoms with E-state index >= 15 is 0 Å². The zero-order valence-corrected chi connectivity index (χ0v) is 9.51. The summed E-state index contributed by atoms with van der Waals surface area (Å²) in [6.45, 7) is 1.99. The van der Waals surface area contributed by atoms with Gasteiger partial charge in [0.2, 0.25) is 0 Å². The molecule has 0 atom stereocenters. The maximum Gasteiger partial charge on any atom is 0.129 e. The van der Waals surface area contributed by atoms with Crippen molar-refractivity contribution in [3.05, 3.63) is 40.8 Å². The molecule has 0 radical (unpaired) electrons. The Balaban J connectivity index is 2.03. The minimum absolute atomic E-state index is 0.531. The Hall–Kier alpha value is -1.32. The van der Waals surface area contributed by atoms with Gasteiger partial charge >= 0.3 is 0 Å². The number of halogens is 1. The monoisotopic (exact) mass is 233 g/mol. The van der Waals surface area contributed by atoms with E-state index in [1.54, 1.807) is 6.20 Å². The molecule has 1 aliphatic heterocycles. The van der Waals surface area contributed by atoms with E-state index in [-0.39, 0.29) is 0 Å². The lowest BCUT2D eigenvalue weighted by Crippen LogP contribution is -2.22. The van der Waals surface area contributed by atoms with Gasteiger partial charge < -0.3 is 10.3 Å². The first-order valence-corrected chi connectivity index (χ1v) is 5.74. The van der Waals surface area contributed by atoms with Crippen LogP contribution in [-0.4, -0.2) is 16.5 Å². The zero-order valence-electron chi connectivity index (χ0n) is 8.76. The molecule has 2 aromatic rings. The van der Waals surface area contributed by atoms with Crippen LogP contribution in [0, 0.1) is 0 Å². The van der Waals surface area contributed by atoms with Crippen LogP contribution < -0.4 is 5.32 Å². The van der Waals surface area contributed by atoms with Crippen LogP contribution in [0.25, 0.3) is 11.3 Å². The second-order valence-corrected chi connectivity index (χ2v) is 4.37. The smallest absolute Gasteiger partial charge is 0.129 e. The van der Waals surface area contributed by atoms with E-state index in [2.05, 4.69) is 21.4 Å². The van der Waals surface area contributed by atoms with Gasteiger partial charge in [0.1, 0.15) is 5.15 Å². The zero-order chi connectivity index (χ0) is 11.0. The van der Waals surface area contributed by atoms with Gasteiger partial charge in [-0.05, 0) is 23.8 Å². The molecule has 0 bridgehead atoms. The molecule has 0 spiro atoms. The standard InChI is InChI=1S/C12H12ClN3/c13-12-6-8(1-4-15-12)11-5-9-7-14-3-2-10(9)16-11/h1,4-6,14,16H,2-3,7H2. The molecule has 3 rings (SSSR count). The van der Waals surface area contributed by atoms with Gasteiger partial charge in [0, 0.05) is 42.7 Å². The first-order chi connectivity index (χ1) is 7.83. The molecule has 2 aromatic heterocycles. The summed E-state index contributed by atoms with van der Waals surface area (Å²) in [5.41, 5.74) is 4.91. The van der Waals surface area contributed by atoms with Crippen molar-refractivity contribution < 1.29 is 0 Å². The Kier molecular flexibility index (Phi) is 2.42. The topological polar surface area (TPSA) is 40.7 Å². The molecule has 0 aliphatic carbocycles. The lowest BCUT2D eigenvalue weighted by molar-refractivity contribution is 0.638. The Morgan fingerprint density at radius 3 is 3.06 bits per heavy atom. The Labute approximate surface area is 98.9 Å². The molecule has 0 fully saturated rings. The molecule has 16 heavy (non-hydrogen) atoms. The van der Waals surface area contributed by atoms with Crippen LogP contribution in [0.2, 0.25) is 5.15 Å². The molecule has 4 heteroatoms. The average Bonchev–Trinajstić information content (AvgIpc) is 2.72. The maximum absolute atomic E-state index is 5.88. The van der Waals surface area contributed by atoms with Gasteiger partial charge in [-0.3, -0.25) is 0 Å². The highest BCUT2D eigenvalue weighted by atomic mass is 35.5. The normalized spacial score (nSPS) is 14.8. The quantitative estimate of drug-likeness (QED) is 0.743. The number of hydrogen-bond acceptors (Lipinski definition) is 2. The van der Waals surface area contributed by atoms with Gasteiger partial charge in [-0.25, -0.2) is 4.98 Å². The minimum atomic E-state index is 0.531. The Morgan fingerprint density at radius 1 is 1.31 bits per heavy atom. The van der Waals surface area contributed by atoms with Crippen LogP contribution in [-0.2, 0) is 13.0 Å². The SMILES string of the molecule is Clc1cc(-c2cc3c([nH]2)CCNC3)ccn1. The number of nitrogens with zero attached hydrogens (tertiary/aromatic N) is 1. The fourth-order valence-corrected chi connectivity index (χ4v) is 2.26. The largest absolute Gasteiger partial charge is 0.358 e. The molecule has 3 heterocycles. The first kappa shape index (κ1) is 9.87. The molecule has 0 saturated heterocycles. The van der Waals surface area contributed by atoms with Crippen molar-refractivity contribution in [3.63, 3.8) is 0 Å². The van der Waals surface area contributed by atoms with E-state index in [1.807, 2.05) is 12.1 Å². The van der Waals surface area contributed by atoms with Crippen LogP contribution in [0.4, 0.5) is 0 Å². The average molecular weight is 234 g/mol. The summed E-state index contributed by atoms with van der Waals surface area (Å²) in [6, 6.07) is 6.04. The molecule has 2 N–H and O–H groups in total. The molecule has 0 aromatic carbocycles. The van der Waals surface area contributed by atoms with Gasteiger partial charge in [-0.1, -0.05) is 11.6 Å². The lowest BCUT2D eigenvalue weighted by atomic mass is 10.1. The number of hydrogen-bond donors (Lipinski definition) is 2. The predicted octanol–water partition coefficient (Wildman–Crippen LogP) is 2.38. The van der Waals surface area contributed by atoms with Crippen molar-refractivity contribution in [2.45, 2.75) is 13.0 Å². The van der Waals surface area contributed by atoms with Gasteiger partial charge in [-0.2, -0.15) is 0 Å². The van der Waals surface area contributed by atoms with E-state index in [9.17, 15) is 0 Å². The third kappa shape index (κ3) is 1.72. The molecular formula is C12H12ClN3.